The molecular weight excluding hydrogens is 336 g/mol. The number of hydrogen-bond donors (Lipinski definition) is 2. The molecule has 1 aromatic carbocycles. The van der Waals surface area contributed by atoms with Crippen LogP contribution in [0.25, 0.3) is 22.6 Å². The summed E-state index contributed by atoms with van der Waals surface area (Å²) in [6.45, 7) is 2.54. The van der Waals surface area contributed by atoms with Crippen LogP contribution in [0.3, 0.4) is 0 Å². The van der Waals surface area contributed by atoms with Crippen LogP contribution < -0.4 is 5.49 Å². The number of H-pyrrole nitrogens is 1. The van der Waals surface area contributed by atoms with Gasteiger partial charge < -0.3 is 9.55 Å². The number of benzene rings is 1. The van der Waals surface area contributed by atoms with Crippen LogP contribution in [0.15, 0.2) is 49.1 Å². The van der Waals surface area contributed by atoms with Crippen LogP contribution in [-0.4, -0.2) is 24.5 Å². The van der Waals surface area contributed by atoms with E-state index in [1.54, 1.807) is 18.7 Å². The Labute approximate surface area is 148 Å². The Balaban J connectivity index is 1.87. The smallest absolute Gasteiger partial charge is 0.173 e. The van der Waals surface area contributed by atoms with Crippen molar-refractivity contribution in [1.29, 1.82) is 5.41 Å². The summed E-state index contributed by atoms with van der Waals surface area (Å²) in [4.78, 5) is 16.1. The lowest BCUT2D eigenvalue weighted by Gasteiger charge is -2.08. The normalized spacial score (nSPS) is 11.1. The summed E-state index contributed by atoms with van der Waals surface area (Å²) in [6.07, 6.45) is 4.93. The van der Waals surface area contributed by atoms with E-state index >= 15 is 0 Å². The third kappa shape index (κ3) is 2.81. The summed E-state index contributed by atoms with van der Waals surface area (Å²) in [6, 6.07) is 9.87. The number of halogens is 1. The van der Waals surface area contributed by atoms with Crippen molar-refractivity contribution in [3.05, 3.63) is 70.7 Å². The number of hydrogen-bond acceptors (Lipinski definition) is 4. The molecule has 0 spiro atoms. The van der Waals surface area contributed by atoms with E-state index in [1.165, 1.54) is 0 Å². The minimum absolute atomic E-state index is 0.166. The second-order valence-electron chi connectivity index (χ2n) is 5.79. The van der Waals surface area contributed by atoms with E-state index in [0.717, 1.165) is 22.5 Å². The van der Waals surface area contributed by atoms with Gasteiger partial charge in [-0.05, 0) is 24.1 Å². The third-order valence-corrected chi connectivity index (χ3v) is 4.46. The first-order valence-electron chi connectivity index (χ1n) is 7.77. The SMILES string of the molecule is Cc1ccccc1-c1nc2c([nH]1)c(=N)ncn2Cc1ccncc1Cl. The Morgan fingerprint density at radius 3 is 2.88 bits per heavy atom. The van der Waals surface area contributed by atoms with Gasteiger partial charge in [-0.2, -0.15) is 0 Å². The molecule has 25 heavy (non-hydrogen) atoms. The molecule has 0 aliphatic carbocycles. The Hall–Kier alpha value is -2.99. The molecule has 4 aromatic rings. The minimum atomic E-state index is 0.166. The fourth-order valence-corrected chi connectivity index (χ4v) is 2.96. The summed E-state index contributed by atoms with van der Waals surface area (Å²) in [7, 11) is 0. The van der Waals surface area contributed by atoms with Crippen molar-refractivity contribution in [2.45, 2.75) is 13.5 Å². The van der Waals surface area contributed by atoms with Gasteiger partial charge in [-0.3, -0.25) is 10.4 Å². The van der Waals surface area contributed by atoms with Gasteiger partial charge in [0.2, 0.25) is 0 Å². The van der Waals surface area contributed by atoms with Gasteiger partial charge in [-0.25, -0.2) is 9.97 Å². The first-order valence-corrected chi connectivity index (χ1v) is 8.15. The van der Waals surface area contributed by atoms with Gasteiger partial charge in [0.1, 0.15) is 11.3 Å². The average Bonchev–Trinajstić information content (AvgIpc) is 3.06. The van der Waals surface area contributed by atoms with Crippen molar-refractivity contribution < 1.29 is 0 Å². The molecule has 0 aliphatic heterocycles. The molecule has 0 radical (unpaired) electrons. The van der Waals surface area contributed by atoms with E-state index in [0.29, 0.717) is 22.7 Å². The lowest BCUT2D eigenvalue weighted by Crippen LogP contribution is -2.13. The van der Waals surface area contributed by atoms with Gasteiger partial charge in [0.05, 0.1) is 17.9 Å². The number of aromatic nitrogens is 5. The number of rotatable bonds is 3. The molecule has 2 N–H and O–H groups in total. The van der Waals surface area contributed by atoms with Gasteiger partial charge in [0.15, 0.2) is 11.1 Å². The second-order valence-corrected chi connectivity index (χ2v) is 6.19. The monoisotopic (exact) mass is 350 g/mol. The highest BCUT2D eigenvalue weighted by molar-refractivity contribution is 6.31. The molecule has 0 aliphatic rings. The highest BCUT2D eigenvalue weighted by atomic mass is 35.5. The molecular formula is C18H15ClN6. The van der Waals surface area contributed by atoms with Gasteiger partial charge in [-0.15, -0.1) is 0 Å². The van der Waals surface area contributed by atoms with Crippen LogP contribution in [0, 0.1) is 12.3 Å². The molecule has 0 amide bonds. The number of nitrogens with one attached hydrogen (secondary N) is 2. The van der Waals surface area contributed by atoms with E-state index in [2.05, 4.69) is 15.0 Å². The van der Waals surface area contributed by atoms with Crippen LogP contribution in [0.5, 0.6) is 0 Å². The van der Waals surface area contributed by atoms with Crippen molar-refractivity contribution >= 4 is 22.8 Å². The summed E-state index contributed by atoms with van der Waals surface area (Å²) >= 11 is 6.22. The molecule has 0 unspecified atom stereocenters. The van der Waals surface area contributed by atoms with Crippen molar-refractivity contribution in [3.8, 4) is 11.4 Å². The van der Waals surface area contributed by atoms with Crippen LogP contribution in [-0.2, 0) is 6.54 Å². The molecule has 0 bridgehead atoms. The Bertz CT molecular complexity index is 1130. The van der Waals surface area contributed by atoms with Crippen LogP contribution >= 0.6 is 11.6 Å². The maximum Gasteiger partial charge on any atom is 0.173 e. The van der Waals surface area contributed by atoms with Gasteiger partial charge in [0, 0.05) is 18.0 Å². The van der Waals surface area contributed by atoms with E-state index in [-0.39, 0.29) is 5.49 Å². The topological polar surface area (TPSA) is 83.2 Å². The highest BCUT2D eigenvalue weighted by Gasteiger charge is 2.12. The average molecular weight is 351 g/mol. The maximum absolute atomic E-state index is 8.08. The lowest BCUT2D eigenvalue weighted by atomic mass is 10.1. The predicted octanol–water partition coefficient (Wildman–Crippen LogP) is 3.31. The standard InChI is InChI=1S/C18H15ClN6/c1-11-4-2-3-5-13(11)17-23-15-16(20)22-10-25(18(15)24-17)9-12-6-7-21-8-14(12)19/h2-8,10,20H,9H2,1H3,(H,23,24). The van der Waals surface area contributed by atoms with E-state index in [1.807, 2.05) is 41.8 Å². The summed E-state index contributed by atoms with van der Waals surface area (Å²) in [5.74, 6) is 0.726. The summed E-state index contributed by atoms with van der Waals surface area (Å²) in [5.41, 5.74) is 4.48. The number of fused-ring (bicyclic) bond motifs is 1. The number of aryl methyl sites for hydroxylation is 1. The molecule has 3 aromatic heterocycles. The van der Waals surface area contributed by atoms with E-state index in [4.69, 9.17) is 22.0 Å². The Morgan fingerprint density at radius 2 is 2.08 bits per heavy atom. The molecule has 0 fully saturated rings. The fraction of sp³-hybridized carbons (Fsp3) is 0.111. The number of aromatic amines is 1. The Morgan fingerprint density at radius 1 is 1.24 bits per heavy atom. The third-order valence-electron chi connectivity index (χ3n) is 4.12. The molecule has 0 saturated carbocycles. The minimum Gasteiger partial charge on any atom is -0.334 e. The first-order chi connectivity index (χ1) is 12.1. The van der Waals surface area contributed by atoms with Crippen LogP contribution in [0.4, 0.5) is 0 Å². The van der Waals surface area contributed by atoms with Gasteiger partial charge in [-0.1, -0.05) is 35.9 Å². The number of nitrogens with zero attached hydrogens (tertiary/aromatic N) is 4. The molecule has 4 rings (SSSR count). The molecule has 3 heterocycles. The molecule has 6 nitrogen and oxygen atoms in total. The molecule has 7 heteroatoms. The van der Waals surface area contributed by atoms with E-state index < -0.39 is 0 Å². The quantitative estimate of drug-likeness (QED) is 0.594. The zero-order chi connectivity index (χ0) is 17.4. The Kier molecular flexibility index (Phi) is 3.82. The van der Waals surface area contributed by atoms with Crippen molar-refractivity contribution in [3.63, 3.8) is 0 Å². The van der Waals surface area contributed by atoms with Gasteiger partial charge >= 0.3 is 0 Å². The lowest BCUT2D eigenvalue weighted by molar-refractivity contribution is 0.782. The number of imidazole rings is 1. The molecule has 0 saturated heterocycles. The van der Waals surface area contributed by atoms with Crippen molar-refractivity contribution in [2.75, 3.05) is 0 Å². The van der Waals surface area contributed by atoms with Gasteiger partial charge in [0.25, 0.3) is 0 Å². The molecule has 124 valence electrons. The second kappa shape index (κ2) is 6.14. The van der Waals surface area contributed by atoms with Crippen molar-refractivity contribution in [2.24, 2.45) is 0 Å². The fourth-order valence-electron chi connectivity index (χ4n) is 2.78. The summed E-state index contributed by atoms with van der Waals surface area (Å²) in [5, 5.41) is 8.67. The van der Waals surface area contributed by atoms with E-state index in [9.17, 15) is 0 Å². The zero-order valence-corrected chi connectivity index (χ0v) is 14.2. The predicted molar refractivity (Wildman–Crippen MR) is 96.3 cm³/mol. The first kappa shape index (κ1) is 15.5. The maximum atomic E-state index is 8.08. The summed E-state index contributed by atoms with van der Waals surface area (Å²) < 4.78 is 1.88. The van der Waals surface area contributed by atoms with Crippen LogP contribution in [0.2, 0.25) is 5.02 Å². The van der Waals surface area contributed by atoms with Crippen molar-refractivity contribution in [1.82, 2.24) is 24.5 Å². The number of pyridine rings is 1. The molecule has 0 atom stereocenters. The largest absolute Gasteiger partial charge is 0.334 e. The zero-order valence-electron chi connectivity index (χ0n) is 13.5. The highest BCUT2D eigenvalue weighted by Crippen LogP contribution is 2.23. The van der Waals surface area contributed by atoms with Crippen LogP contribution in [0.1, 0.15) is 11.1 Å².